The molecule has 17 heavy (non-hydrogen) atoms. The van der Waals surface area contributed by atoms with E-state index in [1.807, 2.05) is 13.8 Å². The molecule has 0 aliphatic heterocycles. The number of carbonyl (C=O) groups is 2. The molecule has 2 unspecified atom stereocenters. The van der Waals surface area contributed by atoms with Crippen LogP contribution in [0.15, 0.2) is 0 Å². The summed E-state index contributed by atoms with van der Waals surface area (Å²) in [6.45, 7) is 4.69. The number of aliphatic hydroxyl groups is 1. The molecule has 0 aliphatic carbocycles. The molecule has 0 aromatic carbocycles. The first-order valence-electron chi connectivity index (χ1n) is 5.37. The zero-order chi connectivity index (χ0) is 13.5. The fourth-order valence-corrected chi connectivity index (χ4v) is 1.61. The third-order valence-corrected chi connectivity index (χ3v) is 3.15. The summed E-state index contributed by atoms with van der Waals surface area (Å²) in [5.74, 6) is 0.396. The predicted molar refractivity (Wildman–Crippen MR) is 67.3 cm³/mol. The monoisotopic (exact) mass is 264 g/mol. The first kappa shape index (κ1) is 16.1. The predicted octanol–water partition coefficient (Wildman–Crippen LogP) is 0.263. The maximum Gasteiger partial charge on any atom is 0.337 e. The van der Waals surface area contributed by atoms with Crippen molar-refractivity contribution in [3.63, 3.8) is 0 Å². The Morgan fingerprint density at radius 1 is 1.47 bits per heavy atom. The molecule has 0 spiro atoms. The standard InChI is InChI=1S/C10H20N2O4S/c1-4-17-5-7(2)12-9(15)11-6-10(3,16)8(13)14/h7,16H,4-6H2,1-3H3,(H,13,14)(H2,11,12,15). The van der Waals surface area contributed by atoms with E-state index in [-0.39, 0.29) is 12.6 Å². The van der Waals surface area contributed by atoms with Gasteiger partial charge in [-0.3, -0.25) is 0 Å². The molecule has 0 saturated heterocycles. The van der Waals surface area contributed by atoms with Gasteiger partial charge in [0, 0.05) is 11.8 Å². The van der Waals surface area contributed by atoms with Gasteiger partial charge in [0.25, 0.3) is 0 Å². The Balaban J connectivity index is 3.91. The van der Waals surface area contributed by atoms with Gasteiger partial charge in [0.05, 0.1) is 6.54 Å². The fourth-order valence-electron chi connectivity index (χ4n) is 0.939. The van der Waals surface area contributed by atoms with E-state index in [1.54, 1.807) is 11.8 Å². The minimum absolute atomic E-state index is 0.00488. The van der Waals surface area contributed by atoms with Crippen molar-refractivity contribution >= 4 is 23.8 Å². The molecule has 2 atom stereocenters. The molecule has 0 bridgehead atoms. The number of hydrogen-bond acceptors (Lipinski definition) is 4. The highest BCUT2D eigenvalue weighted by molar-refractivity contribution is 7.99. The Morgan fingerprint density at radius 2 is 2.06 bits per heavy atom. The van der Waals surface area contributed by atoms with Gasteiger partial charge >= 0.3 is 12.0 Å². The zero-order valence-electron chi connectivity index (χ0n) is 10.3. The molecule has 0 saturated carbocycles. The van der Waals surface area contributed by atoms with Gasteiger partial charge in [-0.2, -0.15) is 11.8 Å². The molecule has 0 aromatic rings. The number of hydrogen-bond donors (Lipinski definition) is 4. The number of carboxylic acids is 1. The van der Waals surface area contributed by atoms with E-state index < -0.39 is 17.6 Å². The van der Waals surface area contributed by atoms with E-state index in [0.717, 1.165) is 18.4 Å². The summed E-state index contributed by atoms with van der Waals surface area (Å²) in [4.78, 5) is 21.9. The van der Waals surface area contributed by atoms with Crippen LogP contribution in [0, 0.1) is 0 Å². The summed E-state index contributed by atoms with van der Waals surface area (Å²) in [5.41, 5.74) is -1.95. The topological polar surface area (TPSA) is 98.7 Å². The van der Waals surface area contributed by atoms with Crippen molar-refractivity contribution in [2.24, 2.45) is 0 Å². The number of carboxylic acid groups (broad SMARTS) is 1. The van der Waals surface area contributed by atoms with Crippen LogP contribution in [0.3, 0.4) is 0 Å². The Bertz CT molecular complexity index is 271. The van der Waals surface area contributed by atoms with Crippen LogP contribution in [0.25, 0.3) is 0 Å². The summed E-state index contributed by atoms with van der Waals surface area (Å²) in [7, 11) is 0. The summed E-state index contributed by atoms with van der Waals surface area (Å²) in [6, 6.07) is -0.481. The molecule has 4 N–H and O–H groups in total. The molecule has 0 fully saturated rings. The molecule has 0 rings (SSSR count). The van der Waals surface area contributed by atoms with Crippen LogP contribution in [0.5, 0.6) is 0 Å². The average Bonchev–Trinajstić information content (AvgIpc) is 2.23. The Hall–Kier alpha value is -0.950. The van der Waals surface area contributed by atoms with Crippen LogP contribution >= 0.6 is 11.8 Å². The number of nitrogens with one attached hydrogen (secondary N) is 2. The van der Waals surface area contributed by atoms with Gasteiger partial charge in [-0.25, -0.2) is 9.59 Å². The van der Waals surface area contributed by atoms with Crippen LogP contribution in [0.2, 0.25) is 0 Å². The number of carbonyl (C=O) groups excluding carboxylic acids is 1. The molecule has 0 radical (unpaired) electrons. The third kappa shape index (κ3) is 7.06. The molecule has 0 aromatic heterocycles. The summed E-state index contributed by atoms with van der Waals surface area (Å²) in [6.07, 6.45) is 0. The lowest BCUT2D eigenvalue weighted by Gasteiger charge is -2.20. The van der Waals surface area contributed by atoms with Crippen LogP contribution in [0.1, 0.15) is 20.8 Å². The smallest absolute Gasteiger partial charge is 0.337 e. The second kappa shape index (κ2) is 7.39. The molecule has 0 heterocycles. The Kier molecular flexibility index (Phi) is 6.98. The lowest BCUT2D eigenvalue weighted by Crippen LogP contribution is -2.50. The van der Waals surface area contributed by atoms with E-state index in [1.165, 1.54) is 0 Å². The number of urea groups is 1. The van der Waals surface area contributed by atoms with E-state index >= 15 is 0 Å². The van der Waals surface area contributed by atoms with E-state index in [4.69, 9.17) is 5.11 Å². The van der Waals surface area contributed by atoms with Gasteiger partial charge < -0.3 is 20.8 Å². The van der Waals surface area contributed by atoms with Gasteiger partial charge in [0.2, 0.25) is 0 Å². The summed E-state index contributed by atoms with van der Waals surface area (Å²) in [5, 5.41) is 23.0. The Morgan fingerprint density at radius 3 is 2.53 bits per heavy atom. The van der Waals surface area contributed by atoms with Crippen molar-refractivity contribution in [3.8, 4) is 0 Å². The van der Waals surface area contributed by atoms with E-state index in [2.05, 4.69) is 10.6 Å². The van der Waals surface area contributed by atoms with Gasteiger partial charge in [-0.05, 0) is 19.6 Å². The van der Waals surface area contributed by atoms with Gasteiger partial charge in [0.1, 0.15) is 0 Å². The minimum atomic E-state index is -1.95. The van der Waals surface area contributed by atoms with Gasteiger partial charge in [0.15, 0.2) is 5.60 Å². The third-order valence-electron chi connectivity index (χ3n) is 2.00. The average molecular weight is 264 g/mol. The molecule has 100 valence electrons. The van der Waals surface area contributed by atoms with E-state index in [0.29, 0.717) is 0 Å². The highest BCUT2D eigenvalue weighted by Gasteiger charge is 2.30. The highest BCUT2D eigenvalue weighted by Crippen LogP contribution is 2.02. The quantitative estimate of drug-likeness (QED) is 0.529. The van der Waals surface area contributed by atoms with Crippen LogP contribution in [-0.4, -0.2) is 51.9 Å². The number of aliphatic carboxylic acids is 1. The molecule has 7 heteroatoms. The number of rotatable bonds is 7. The Labute approximate surface area is 105 Å². The molecular weight excluding hydrogens is 244 g/mol. The van der Waals surface area contributed by atoms with Crippen molar-refractivity contribution < 1.29 is 19.8 Å². The lowest BCUT2D eigenvalue weighted by molar-refractivity contribution is -0.155. The fraction of sp³-hybridized carbons (Fsp3) is 0.800. The highest BCUT2D eigenvalue weighted by atomic mass is 32.2. The van der Waals surface area contributed by atoms with Gasteiger partial charge in [-0.1, -0.05) is 6.92 Å². The second-order valence-corrected chi connectivity index (χ2v) is 5.29. The summed E-state index contributed by atoms with van der Waals surface area (Å²) >= 11 is 1.70. The molecule has 6 nitrogen and oxygen atoms in total. The first-order chi connectivity index (χ1) is 7.79. The normalized spacial score (nSPS) is 15.8. The van der Waals surface area contributed by atoms with Crippen LogP contribution < -0.4 is 10.6 Å². The van der Waals surface area contributed by atoms with Crippen molar-refractivity contribution in [1.29, 1.82) is 0 Å². The first-order valence-corrected chi connectivity index (χ1v) is 6.53. The van der Waals surface area contributed by atoms with E-state index in [9.17, 15) is 14.7 Å². The van der Waals surface area contributed by atoms with Crippen molar-refractivity contribution in [1.82, 2.24) is 10.6 Å². The molecule has 2 amide bonds. The summed E-state index contributed by atoms with van der Waals surface area (Å²) < 4.78 is 0. The molecular formula is C10H20N2O4S. The lowest BCUT2D eigenvalue weighted by atomic mass is 10.1. The van der Waals surface area contributed by atoms with Crippen molar-refractivity contribution in [2.45, 2.75) is 32.4 Å². The van der Waals surface area contributed by atoms with Crippen molar-refractivity contribution in [3.05, 3.63) is 0 Å². The maximum atomic E-state index is 11.4. The van der Waals surface area contributed by atoms with Crippen LogP contribution in [0.4, 0.5) is 4.79 Å². The second-order valence-electron chi connectivity index (χ2n) is 3.97. The largest absolute Gasteiger partial charge is 0.479 e. The minimum Gasteiger partial charge on any atom is -0.479 e. The SMILES string of the molecule is CCSCC(C)NC(=O)NCC(C)(O)C(=O)O. The maximum absolute atomic E-state index is 11.4. The number of amides is 2. The van der Waals surface area contributed by atoms with Crippen molar-refractivity contribution in [2.75, 3.05) is 18.1 Å². The molecule has 0 aliphatic rings. The number of thioether (sulfide) groups is 1. The van der Waals surface area contributed by atoms with Crippen LogP contribution in [-0.2, 0) is 4.79 Å². The van der Waals surface area contributed by atoms with Gasteiger partial charge in [-0.15, -0.1) is 0 Å². The zero-order valence-corrected chi connectivity index (χ0v) is 11.1.